The number of cyclic esters (lactones) is 2. The fourth-order valence-electron chi connectivity index (χ4n) is 9.83. The van der Waals surface area contributed by atoms with E-state index in [4.69, 9.17) is 85.3 Å². The molecule has 28 nitrogen and oxygen atoms in total. The van der Waals surface area contributed by atoms with Gasteiger partial charge in [0.2, 0.25) is 0 Å². The average molecular weight is 1580 g/mol. The van der Waals surface area contributed by atoms with Crippen molar-refractivity contribution in [1.82, 2.24) is 16.0 Å². The molecule has 5 rings (SSSR count). The van der Waals surface area contributed by atoms with E-state index in [0.717, 1.165) is 66.8 Å². The van der Waals surface area contributed by atoms with Crippen LogP contribution < -0.4 is 16.0 Å². The van der Waals surface area contributed by atoms with Crippen LogP contribution in [0, 0.1) is 0 Å². The minimum atomic E-state index is -1.14. The highest BCUT2D eigenvalue weighted by atomic mass is 16.6. The second-order valence-corrected chi connectivity index (χ2v) is 28.0. The maximum Gasteiger partial charge on any atom is 0.408 e. The lowest BCUT2D eigenvalue weighted by molar-refractivity contribution is -0.176. The molecule has 626 valence electrons. The fraction of sp³-hybridized carbons (Fsp3) is 0.506. The summed E-state index contributed by atoms with van der Waals surface area (Å²) in [6.45, 7) is 53.0. The van der Waals surface area contributed by atoms with Crippen LogP contribution in [0.4, 0.5) is 14.4 Å². The van der Waals surface area contributed by atoms with Crippen LogP contribution in [-0.2, 0) is 119 Å². The molecule has 0 saturated carbocycles. The monoisotopic (exact) mass is 1580 g/mol. The molecular formula is C85H121N3O25. The van der Waals surface area contributed by atoms with E-state index in [1.807, 2.05) is 139 Å². The molecule has 2 aliphatic heterocycles. The van der Waals surface area contributed by atoms with Gasteiger partial charge in [-0.3, -0.25) is 0 Å². The summed E-state index contributed by atoms with van der Waals surface area (Å²) >= 11 is 0. The summed E-state index contributed by atoms with van der Waals surface area (Å²) in [7, 11) is 1.20. The third-order valence-electron chi connectivity index (χ3n) is 15.1. The molecule has 113 heavy (non-hydrogen) atoms. The highest BCUT2D eigenvalue weighted by Gasteiger charge is 2.41. The number of nitrogens with one attached hydrogen (secondary N) is 3. The van der Waals surface area contributed by atoms with Crippen molar-refractivity contribution in [3.63, 3.8) is 0 Å². The maximum absolute atomic E-state index is 13.1. The second kappa shape index (κ2) is 56.3. The smallest absolute Gasteiger partial charge is 0.408 e. The Kier molecular flexibility index (Phi) is 48.9. The molecule has 2 fully saturated rings. The van der Waals surface area contributed by atoms with E-state index in [2.05, 4.69) is 75.2 Å². The molecule has 4 N–H and O–H groups in total. The molecule has 0 spiro atoms. The Morgan fingerprint density at radius 2 is 0.788 bits per heavy atom. The van der Waals surface area contributed by atoms with E-state index >= 15 is 0 Å². The van der Waals surface area contributed by atoms with Crippen LogP contribution in [0.1, 0.15) is 79.0 Å². The number of carbonyl (C=O) groups excluding carboxylic acids is 6. The summed E-state index contributed by atoms with van der Waals surface area (Å²) in [5, 5.41) is 18.4. The van der Waals surface area contributed by atoms with Crippen LogP contribution in [0.2, 0.25) is 0 Å². The van der Waals surface area contributed by atoms with E-state index in [1.54, 1.807) is 13.8 Å². The summed E-state index contributed by atoms with van der Waals surface area (Å²) in [5.41, 5.74) is 9.55. The van der Waals surface area contributed by atoms with Crippen molar-refractivity contribution < 1.29 is 119 Å². The highest BCUT2D eigenvalue weighted by molar-refractivity contribution is 5.83. The summed E-state index contributed by atoms with van der Waals surface area (Å²) in [4.78, 5) is 75.7. The van der Waals surface area contributed by atoms with Crippen LogP contribution in [0.5, 0.6) is 0 Å². The molecule has 0 radical (unpaired) electrons. The predicted molar refractivity (Wildman–Crippen MR) is 425 cm³/mol. The number of ether oxygens (including phenoxy) is 18. The van der Waals surface area contributed by atoms with Crippen LogP contribution in [0.15, 0.2) is 200 Å². The number of rotatable bonds is 46. The first kappa shape index (κ1) is 98.2. The summed E-state index contributed by atoms with van der Waals surface area (Å²) in [6, 6.07) is 24.2. The van der Waals surface area contributed by atoms with Crippen LogP contribution in [0.3, 0.4) is 0 Å². The zero-order valence-corrected chi connectivity index (χ0v) is 67.5. The Labute approximate surface area is 666 Å². The van der Waals surface area contributed by atoms with Crippen molar-refractivity contribution in [2.24, 2.45) is 0 Å². The number of hydrogen-bond acceptors (Lipinski definition) is 25. The standard InChI is InChI=1S/C29H43NO9.2C28H39NO8/c1-20(2)13-35-18-25(31)27(38-15-22(5)6)26(37-14-21(3)4)19-36-17-24(28(32)34-7)30-29(33)39-16-23-11-9-8-10-12-23;2*1-19(2)12-32-18-25-26(35-14-21(5)6)24(34-13-20(3)4)17-33-16-23(27(30)37-25)29-28(31)36-15-22-10-8-7-9-11-22/h8-12,24-27,31H,1,3,5,13-19H2,2,4,6-7H3,(H,30,33);2*7-11,23-26H,1,3,5,12-18H2,2,4,6H3,(H,29,31)/t24-,25+,26-,27-;23-,24+,25-,26-;23-,24-,25+,26+/m010/s1. The molecule has 2 heterocycles. The first-order valence-corrected chi connectivity index (χ1v) is 36.9. The SMILES string of the molecule is C=C(C)COC[C@@H](O)[C@H](OCC(=C)C)[C@H](COC[C@H](NC(=O)OCc1ccccc1)C(=O)OC)OCC(=C)C.C=C(C)COC[C@H]1OC(=O)[C@@H](NC(=O)OCc2ccccc2)COC[C@H](OCC(=C)C)[C@H]1OCC(=C)C.C=C(C)COC[C@H]1OC(=O)[C@H](NC(=O)OCc2ccccc2)COC[C@H](OCC(=C)C)[C@H]1OCC(=C)C. The fourth-order valence-corrected chi connectivity index (χ4v) is 9.83. The topological polar surface area (TPSA) is 325 Å². The van der Waals surface area contributed by atoms with Crippen LogP contribution >= 0.6 is 0 Å². The number of hydrogen-bond donors (Lipinski definition) is 4. The van der Waals surface area contributed by atoms with E-state index in [0.29, 0.717) is 0 Å². The summed E-state index contributed by atoms with van der Waals surface area (Å²) in [5.74, 6) is -2.12. The number of carbonyl (C=O) groups is 6. The zero-order chi connectivity index (χ0) is 83.6. The molecule has 2 saturated heterocycles. The van der Waals surface area contributed by atoms with Gasteiger partial charge in [0.15, 0.2) is 30.3 Å². The molecule has 3 aromatic rings. The quantitative estimate of drug-likeness (QED) is 0.0232. The van der Waals surface area contributed by atoms with Gasteiger partial charge in [0.1, 0.15) is 62.5 Å². The lowest BCUT2D eigenvalue weighted by atomic mass is 10.1. The van der Waals surface area contributed by atoms with Gasteiger partial charge >= 0.3 is 36.2 Å². The molecule has 0 aliphatic carbocycles. The molecule has 3 aromatic carbocycles. The van der Waals surface area contributed by atoms with Gasteiger partial charge in [-0.1, -0.05) is 200 Å². The van der Waals surface area contributed by atoms with Crippen molar-refractivity contribution >= 4 is 36.2 Å². The Balaban J connectivity index is 0.000000439. The third-order valence-corrected chi connectivity index (χ3v) is 15.1. The number of esters is 3. The van der Waals surface area contributed by atoms with Gasteiger partial charge in [0.25, 0.3) is 0 Å². The lowest BCUT2D eigenvalue weighted by Crippen LogP contribution is -2.49. The lowest BCUT2D eigenvalue weighted by Gasteiger charge is -2.32. The largest absolute Gasteiger partial charge is 0.467 e. The molecule has 0 unspecified atom stereocenters. The van der Waals surface area contributed by atoms with Gasteiger partial charge in [-0.25, -0.2) is 28.8 Å². The third kappa shape index (κ3) is 44.3. The van der Waals surface area contributed by atoms with E-state index < -0.39 is 109 Å². The Bertz CT molecular complexity index is 3310. The normalized spacial score (nSPS) is 19.3. The Morgan fingerprint density at radius 1 is 0.434 bits per heavy atom. The molecule has 3 amide bonds. The number of methoxy groups -OCH3 is 1. The molecule has 12 atom stereocenters. The molecule has 28 heteroatoms. The van der Waals surface area contributed by atoms with Gasteiger partial charge in [0.05, 0.1) is 126 Å². The van der Waals surface area contributed by atoms with Crippen molar-refractivity contribution in [2.45, 2.75) is 155 Å². The highest BCUT2D eigenvalue weighted by Crippen LogP contribution is 2.23. The molecule has 0 aromatic heterocycles. The number of aliphatic hydroxyl groups is 1. The minimum absolute atomic E-state index is 0.0254. The van der Waals surface area contributed by atoms with Crippen molar-refractivity contribution in [3.8, 4) is 0 Å². The van der Waals surface area contributed by atoms with Crippen molar-refractivity contribution in [2.75, 3.05) is 126 Å². The molecular weight excluding hydrogens is 1460 g/mol. The van der Waals surface area contributed by atoms with Crippen LogP contribution in [0.25, 0.3) is 0 Å². The predicted octanol–water partition coefficient (Wildman–Crippen LogP) is 10.8. The van der Waals surface area contributed by atoms with E-state index in [1.165, 1.54) is 7.11 Å². The van der Waals surface area contributed by atoms with E-state index in [9.17, 15) is 33.9 Å². The zero-order valence-electron chi connectivity index (χ0n) is 67.5. The number of alkyl carbamates (subject to hydrolysis) is 3. The van der Waals surface area contributed by atoms with Crippen molar-refractivity contribution in [3.05, 3.63) is 217 Å². The average Bonchev–Trinajstić information content (AvgIpc) is 1.76. The van der Waals surface area contributed by atoms with Gasteiger partial charge in [0, 0.05) is 0 Å². The Hall–Kier alpha value is -8.98. The van der Waals surface area contributed by atoms with Crippen molar-refractivity contribution in [1.29, 1.82) is 0 Å². The number of amides is 3. The first-order valence-electron chi connectivity index (χ1n) is 36.9. The second-order valence-electron chi connectivity index (χ2n) is 28.0. The number of aliphatic hydroxyl groups excluding tert-OH is 1. The first-order chi connectivity index (χ1) is 53.8. The maximum atomic E-state index is 13.1. The van der Waals surface area contributed by atoms with Gasteiger partial charge in [-0.2, -0.15) is 0 Å². The minimum Gasteiger partial charge on any atom is -0.467 e. The summed E-state index contributed by atoms with van der Waals surface area (Å²) in [6.07, 6.45) is -9.41. The summed E-state index contributed by atoms with van der Waals surface area (Å²) < 4.78 is 103. The van der Waals surface area contributed by atoms with Crippen LogP contribution in [-0.4, -0.2) is 240 Å². The Morgan fingerprint density at radius 3 is 1.16 bits per heavy atom. The van der Waals surface area contributed by atoms with Gasteiger partial charge in [-0.05, 0) is 79.0 Å². The van der Waals surface area contributed by atoms with Gasteiger partial charge < -0.3 is 106 Å². The van der Waals surface area contributed by atoms with Gasteiger partial charge in [-0.15, -0.1) is 0 Å². The number of benzene rings is 3. The molecule has 0 bridgehead atoms. The molecule has 2 aliphatic rings. The van der Waals surface area contributed by atoms with E-state index in [-0.39, 0.29) is 139 Å².